The van der Waals surface area contributed by atoms with Gasteiger partial charge < -0.3 is 14.5 Å². The lowest BCUT2D eigenvalue weighted by atomic mass is 10.1. The van der Waals surface area contributed by atoms with Crippen molar-refractivity contribution in [1.82, 2.24) is 19.8 Å². The Morgan fingerprint density at radius 1 is 1.08 bits per heavy atom. The average molecular weight is 333 g/mol. The molecule has 1 aromatic rings. The number of amides is 1. The van der Waals surface area contributed by atoms with Gasteiger partial charge in [-0.1, -0.05) is 0 Å². The predicted octanol–water partition coefficient (Wildman–Crippen LogP) is 0.928. The Labute approximate surface area is 143 Å². The number of rotatable bonds is 4. The molecule has 2 fully saturated rings. The zero-order valence-corrected chi connectivity index (χ0v) is 14.7. The van der Waals surface area contributed by atoms with Crippen LogP contribution in [0, 0.1) is 6.92 Å². The molecule has 0 atom stereocenters. The Bertz CT molecular complexity index is 566. The Hall–Kier alpha value is -1.89. The molecule has 0 aromatic carbocycles. The van der Waals surface area contributed by atoms with Crippen LogP contribution in [0.25, 0.3) is 0 Å². The second kappa shape index (κ2) is 7.79. The number of aromatic nitrogens is 2. The summed E-state index contributed by atoms with van der Waals surface area (Å²) in [4.78, 5) is 27.5. The van der Waals surface area contributed by atoms with E-state index in [1.54, 1.807) is 13.4 Å². The summed E-state index contributed by atoms with van der Waals surface area (Å²) in [6.45, 7) is 7.75. The molecule has 7 heteroatoms. The van der Waals surface area contributed by atoms with E-state index >= 15 is 0 Å². The van der Waals surface area contributed by atoms with Crippen LogP contribution in [0.15, 0.2) is 6.33 Å². The van der Waals surface area contributed by atoms with Gasteiger partial charge in [0.2, 0.25) is 5.91 Å². The van der Waals surface area contributed by atoms with Crippen LogP contribution >= 0.6 is 0 Å². The number of methoxy groups -OCH3 is 1. The van der Waals surface area contributed by atoms with E-state index in [1.807, 2.05) is 11.8 Å². The van der Waals surface area contributed by atoms with E-state index in [9.17, 15) is 4.79 Å². The maximum absolute atomic E-state index is 12.4. The van der Waals surface area contributed by atoms with Crippen LogP contribution in [0.5, 0.6) is 5.75 Å². The van der Waals surface area contributed by atoms with Gasteiger partial charge in [0.25, 0.3) is 0 Å². The van der Waals surface area contributed by atoms with Gasteiger partial charge >= 0.3 is 0 Å². The van der Waals surface area contributed by atoms with E-state index in [1.165, 1.54) is 6.42 Å². The molecule has 1 amide bonds. The van der Waals surface area contributed by atoms with Gasteiger partial charge in [-0.05, 0) is 26.2 Å². The smallest absolute Gasteiger partial charge is 0.236 e. The van der Waals surface area contributed by atoms with Gasteiger partial charge in [0.05, 0.1) is 19.3 Å². The van der Waals surface area contributed by atoms with E-state index in [2.05, 4.69) is 19.8 Å². The summed E-state index contributed by atoms with van der Waals surface area (Å²) < 4.78 is 5.46. The van der Waals surface area contributed by atoms with Crippen LogP contribution in [0.2, 0.25) is 0 Å². The molecule has 132 valence electrons. The molecule has 2 saturated heterocycles. The summed E-state index contributed by atoms with van der Waals surface area (Å²) in [7, 11) is 1.66. The van der Waals surface area contributed by atoms with E-state index in [0.717, 1.165) is 69.4 Å². The topological polar surface area (TPSA) is 61.8 Å². The molecular formula is C17H27N5O2. The summed E-state index contributed by atoms with van der Waals surface area (Å²) in [5.41, 5.74) is 0.852. The number of piperidine rings is 1. The second-order valence-electron chi connectivity index (χ2n) is 6.52. The largest absolute Gasteiger partial charge is 0.491 e. The van der Waals surface area contributed by atoms with E-state index < -0.39 is 0 Å². The molecule has 0 radical (unpaired) electrons. The lowest BCUT2D eigenvalue weighted by molar-refractivity contribution is -0.133. The van der Waals surface area contributed by atoms with Crippen LogP contribution in [0.4, 0.5) is 5.82 Å². The molecule has 0 spiro atoms. The maximum Gasteiger partial charge on any atom is 0.236 e. The summed E-state index contributed by atoms with van der Waals surface area (Å²) in [6.07, 6.45) is 5.13. The lowest BCUT2D eigenvalue weighted by Crippen LogP contribution is -2.51. The molecule has 24 heavy (non-hydrogen) atoms. The number of piperazine rings is 1. The third-order valence-electron chi connectivity index (χ3n) is 4.91. The molecule has 2 aliphatic heterocycles. The van der Waals surface area contributed by atoms with Gasteiger partial charge in [-0.25, -0.2) is 9.97 Å². The fourth-order valence-electron chi connectivity index (χ4n) is 3.47. The van der Waals surface area contributed by atoms with Crippen LogP contribution in [0.3, 0.4) is 0 Å². The highest BCUT2D eigenvalue weighted by atomic mass is 16.5. The van der Waals surface area contributed by atoms with Gasteiger partial charge in [0, 0.05) is 39.3 Å². The van der Waals surface area contributed by atoms with Crippen molar-refractivity contribution in [2.45, 2.75) is 26.2 Å². The normalized spacial score (nSPS) is 19.4. The summed E-state index contributed by atoms with van der Waals surface area (Å²) in [6, 6.07) is 0. The molecule has 0 unspecified atom stereocenters. The minimum absolute atomic E-state index is 0.276. The van der Waals surface area contributed by atoms with Crippen molar-refractivity contribution in [2.75, 3.05) is 57.8 Å². The summed E-state index contributed by atoms with van der Waals surface area (Å²) >= 11 is 0. The summed E-state index contributed by atoms with van der Waals surface area (Å²) in [5.74, 6) is 1.88. The van der Waals surface area contributed by atoms with Crippen molar-refractivity contribution in [2.24, 2.45) is 0 Å². The van der Waals surface area contributed by atoms with Crippen LogP contribution in [-0.4, -0.2) is 78.6 Å². The number of carbonyl (C=O) groups excluding carboxylic acids is 1. The van der Waals surface area contributed by atoms with E-state index in [0.29, 0.717) is 6.54 Å². The van der Waals surface area contributed by atoms with Crippen LogP contribution in [-0.2, 0) is 4.79 Å². The molecule has 0 aliphatic carbocycles. The first-order chi connectivity index (χ1) is 11.7. The molecule has 3 rings (SSSR count). The SMILES string of the molecule is COc1c(C)ncnc1N1CCN(CC(=O)N2CCCCC2)CC1. The second-order valence-corrected chi connectivity index (χ2v) is 6.52. The van der Waals surface area contributed by atoms with Crippen molar-refractivity contribution >= 4 is 11.7 Å². The highest BCUT2D eigenvalue weighted by Crippen LogP contribution is 2.28. The molecule has 0 N–H and O–H groups in total. The Morgan fingerprint density at radius 3 is 2.46 bits per heavy atom. The van der Waals surface area contributed by atoms with Crippen molar-refractivity contribution in [3.63, 3.8) is 0 Å². The Morgan fingerprint density at radius 2 is 1.79 bits per heavy atom. The number of likely N-dealkylation sites (tertiary alicyclic amines) is 1. The monoisotopic (exact) mass is 333 g/mol. The van der Waals surface area contributed by atoms with Gasteiger partial charge in [-0.15, -0.1) is 0 Å². The highest BCUT2D eigenvalue weighted by Gasteiger charge is 2.25. The fourth-order valence-corrected chi connectivity index (χ4v) is 3.47. The third-order valence-corrected chi connectivity index (χ3v) is 4.91. The van der Waals surface area contributed by atoms with Gasteiger partial charge in [-0.3, -0.25) is 9.69 Å². The molecular weight excluding hydrogens is 306 g/mol. The van der Waals surface area contributed by atoms with E-state index in [4.69, 9.17) is 4.74 Å². The van der Waals surface area contributed by atoms with Crippen molar-refractivity contribution < 1.29 is 9.53 Å². The average Bonchev–Trinajstić information content (AvgIpc) is 2.63. The first kappa shape index (κ1) is 17.0. The number of aryl methyl sites for hydroxylation is 1. The standard InChI is InChI=1S/C17H27N5O2/c1-14-16(24-2)17(19-13-18-14)22-10-8-20(9-11-22)12-15(23)21-6-4-3-5-7-21/h13H,3-12H2,1-2H3. The minimum atomic E-state index is 0.276. The van der Waals surface area contributed by atoms with Crippen molar-refractivity contribution in [3.05, 3.63) is 12.0 Å². The number of hydrogen-bond donors (Lipinski definition) is 0. The Kier molecular flexibility index (Phi) is 5.50. The number of carbonyl (C=O) groups is 1. The quantitative estimate of drug-likeness (QED) is 0.817. The third kappa shape index (κ3) is 3.77. The zero-order valence-electron chi connectivity index (χ0n) is 14.7. The molecule has 1 aromatic heterocycles. The zero-order chi connectivity index (χ0) is 16.9. The van der Waals surface area contributed by atoms with Gasteiger partial charge in [0.15, 0.2) is 11.6 Å². The Balaban J connectivity index is 1.54. The minimum Gasteiger partial charge on any atom is -0.491 e. The molecule has 7 nitrogen and oxygen atoms in total. The first-order valence-electron chi connectivity index (χ1n) is 8.79. The van der Waals surface area contributed by atoms with Crippen molar-refractivity contribution in [1.29, 1.82) is 0 Å². The fraction of sp³-hybridized carbons (Fsp3) is 0.706. The van der Waals surface area contributed by atoms with Crippen LogP contribution < -0.4 is 9.64 Å². The number of hydrogen-bond acceptors (Lipinski definition) is 6. The predicted molar refractivity (Wildman–Crippen MR) is 92.4 cm³/mol. The van der Waals surface area contributed by atoms with Crippen LogP contribution in [0.1, 0.15) is 25.0 Å². The molecule has 2 aliphatic rings. The van der Waals surface area contributed by atoms with Gasteiger partial charge in [0.1, 0.15) is 6.33 Å². The number of anilines is 1. The maximum atomic E-state index is 12.4. The highest BCUT2D eigenvalue weighted by molar-refractivity contribution is 5.78. The number of nitrogens with zero attached hydrogens (tertiary/aromatic N) is 5. The lowest BCUT2D eigenvalue weighted by Gasteiger charge is -2.36. The number of ether oxygens (including phenoxy) is 1. The molecule has 0 bridgehead atoms. The first-order valence-corrected chi connectivity index (χ1v) is 8.79. The summed E-state index contributed by atoms with van der Waals surface area (Å²) in [5, 5.41) is 0. The molecule has 0 saturated carbocycles. The van der Waals surface area contributed by atoms with E-state index in [-0.39, 0.29) is 5.91 Å². The van der Waals surface area contributed by atoms with Crippen molar-refractivity contribution in [3.8, 4) is 5.75 Å². The molecule has 3 heterocycles. The van der Waals surface area contributed by atoms with Gasteiger partial charge in [-0.2, -0.15) is 0 Å².